The monoisotopic (exact) mass is 418 g/mol. The highest BCUT2D eigenvalue weighted by atomic mass is 19.4. The lowest BCUT2D eigenvalue weighted by molar-refractivity contribution is -0.137. The molecule has 4 atom stereocenters. The number of hydrogen-bond donors (Lipinski definition) is 0. The minimum atomic E-state index is -4.38. The van der Waals surface area contributed by atoms with Crippen LogP contribution in [0.15, 0.2) is 42.5 Å². The number of fused-ring (bicyclic) bond motifs is 1. The van der Waals surface area contributed by atoms with E-state index in [9.17, 15) is 17.6 Å². The molecule has 2 aromatic rings. The van der Waals surface area contributed by atoms with Gasteiger partial charge in [0.2, 0.25) is 0 Å². The van der Waals surface area contributed by atoms with Crippen molar-refractivity contribution in [3.05, 3.63) is 59.4 Å². The van der Waals surface area contributed by atoms with Gasteiger partial charge >= 0.3 is 6.18 Å². The van der Waals surface area contributed by atoms with Gasteiger partial charge in [0.15, 0.2) is 0 Å². The Morgan fingerprint density at radius 2 is 1.57 bits per heavy atom. The number of rotatable bonds is 4. The fraction of sp³-hybridized carbons (Fsp3) is 0.538. The Bertz CT molecular complexity index is 852. The Kier molecular flexibility index (Phi) is 6.22. The summed E-state index contributed by atoms with van der Waals surface area (Å²) >= 11 is 0. The zero-order valence-electron chi connectivity index (χ0n) is 17.5. The fourth-order valence-electron chi connectivity index (χ4n) is 5.82. The average molecular weight is 419 g/mol. The third-order valence-corrected chi connectivity index (χ3v) is 7.41. The molecule has 0 heterocycles. The number of halogens is 4. The zero-order chi connectivity index (χ0) is 21.3. The van der Waals surface area contributed by atoms with Crippen molar-refractivity contribution < 1.29 is 17.6 Å². The van der Waals surface area contributed by atoms with Gasteiger partial charge in [-0.3, -0.25) is 0 Å². The van der Waals surface area contributed by atoms with Crippen LogP contribution in [0.1, 0.15) is 75.3 Å². The molecule has 4 heteroatoms. The lowest BCUT2D eigenvalue weighted by atomic mass is 9.63. The van der Waals surface area contributed by atoms with Gasteiger partial charge in [0.25, 0.3) is 0 Å². The summed E-state index contributed by atoms with van der Waals surface area (Å²) in [6.07, 6.45) is 5.74. The molecule has 2 aromatic carbocycles. The highest BCUT2D eigenvalue weighted by molar-refractivity contribution is 5.65. The SMILES string of the molecule is CCCC1CC[C@@H]2C[C@H](c3ccc(-c4ccc(C(F)(F)F)cc4)c(F)c3)CC[C@@H]2C1. The van der Waals surface area contributed by atoms with Crippen LogP contribution >= 0.6 is 0 Å². The van der Waals surface area contributed by atoms with Gasteiger partial charge in [-0.1, -0.05) is 50.5 Å². The first-order valence-electron chi connectivity index (χ1n) is 11.3. The van der Waals surface area contributed by atoms with Gasteiger partial charge in [0.1, 0.15) is 5.82 Å². The molecular formula is C26H30F4. The Labute approximate surface area is 176 Å². The summed E-state index contributed by atoms with van der Waals surface area (Å²) in [4.78, 5) is 0. The molecule has 0 nitrogen and oxygen atoms in total. The van der Waals surface area contributed by atoms with Crippen LogP contribution in [0.25, 0.3) is 11.1 Å². The van der Waals surface area contributed by atoms with Crippen molar-refractivity contribution in [1.82, 2.24) is 0 Å². The molecule has 4 rings (SSSR count). The van der Waals surface area contributed by atoms with E-state index in [-0.39, 0.29) is 5.82 Å². The second-order valence-electron chi connectivity index (χ2n) is 9.31. The summed E-state index contributed by atoms with van der Waals surface area (Å²) in [5.41, 5.74) is 1.16. The molecule has 2 aliphatic carbocycles. The van der Waals surface area contributed by atoms with Crippen molar-refractivity contribution in [2.24, 2.45) is 17.8 Å². The van der Waals surface area contributed by atoms with Crippen molar-refractivity contribution in [1.29, 1.82) is 0 Å². The molecule has 2 fully saturated rings. The predicted molar refractivity (Wildman–Crippen MR) is 113 cm³/mol. The molecule has 0 amide bonds. The van der Waals surface area contributed by atoms with Crippen LogP contribution in [0.5, 0.6) is 0 Å². The van der Waals surface area contributed by atoms with Gasteiger partial charge in [0, 0.05) is 5.56 Å². The molecule has 30 heavy (non-hydrogen) atoms. The van der Waals surface area contributed by atoms with E-state index < -0.39 is 11.7 Å². The molecule has 1 unspecified atom stereocenters. The lowest BCUT2D eigenvalue weighted by Gasteiger charge is -2.42. The second-order valence-corrected chi connectivity index (χ2v) is 9.31. The molecule has 0 aromatic heterocycles. The second kappa shape index (κ2) is 8.72. The van der Waals surface area contributed by atoms with E-state index in [0.717, 1.165) is 48.3 Å². The summed E-state index contributed by atoms with van der Waals surface area (Å²) in [7, 11) is 0. The smallest absolute Gasteiger partial charge is 0.206 e. The summed E-state index contributed by atoms with van der Waals surface area (Å²) in [5, 5.41) is 0. The highest BCUT2D eigenvalue weighted by Gasteiger charge is 2.36. The molecular weight excluding hydrogens is 388 g/mol. The van der Waals surface area contributed by atoms with Crippen LogP contribution in [0, 0.1) is 23.6 Å². The number of benzene rings is 2. The van der Waals surface area contributed by atoms with Crippen LogP contribution in [0.3, 0.4) is 0 Å². The zero-order valence-corrected chi connectivity index (χ0v) is 17.5. The van der Waals surface area contributed by atoms with Gasteiger partial charge in [-0.2, -0.15) is 13.2 Å². The first kappa shape index (κ1) is 21.4. The maximum atomic E-state index is 14.9. The van der Waals surface area contributed by atoms with Gasteiger partial charge < -0.3 is 0 Å². The van der Waals surface area contributed by atoms with Gasteiger partial charge in [0.05, 0.1) is 5.56 Å². The van der Waals surface area contributed by atoms with Crippen molar-refractivity contribution >= 4 is 0 Å². The molecule has 0 spiro atoms. The highest BCUT2D eigenvalue weighted by Crippen LogP contribution is 2.48. The van der Waals surface area contributed by atoms with Gasteiger partial charge in [-0.25, -0.2) is 4.39 Å². The molecule has 0 radical (unpaired) electrons. The summed E-state index contributed by atoms with van der Waals surface area (Å²) in [6.45, 7) is 2.27. The quantitative estimate of drug-likeness (QED) is 0.436. The topological polar surface area (TPSA) is 0 Å². The van der Waals surface area contributed by atoms with E-state index in [2.05, 4.69) is 6.92 Å². The maximum absolute atomic E-state index is 14.9. The van der Waals surface area contributed by atoms with Crippen LogP contribution in [0.4, 0.5) is 17.6 Å². The fourth-order valence-corrected chi connectivity index (χ4v) is 5.82. The van der Waals surface area contributed by atoms with Crippen molar-refractivity contribution in [3.8, 4) is 11.1 Å². The Morgan fingerprint density at radius 1 is 0.867 bits per heavy atom. The maximum Gasteiger partial charge on any atom is 0.416 e. The summed E-state index contributed by atoms with van der Waals surface area (Å²) < 4.78 is 53.2. The standard InChI is InChI=1S/C26H30F4/c1-2-3-17-4-5-20-15-21(7-6-19(20)14-17)22-10-13-24(25(27)16-22)18-8-11-23(12-9-18)26(28,29)30/h8-13,16-17,19-21H,2-7,14-15H2,1H3/t17?,19-,20-,21-/m1/s1. The van der Waals surface area contributed by atoms with Crippen LogP contribution < -0.4 is 0 Å². The van der Waals surface area contributed by atoms with Crippen molar-refractivity contribution in [2.75, 3.05) is 0 Å². The van der Waals surface area contributed by atoms with E-state index in [1.165, 1.54) is 50.7 Å². The van der Waals surface area contributed by atoms with Crippen LogP contribution in [0.2, 0.25) is 0 Å². The van der Waals surface area contributed by atoms with Crippen molar-refractivity contribution in [2.45, 2.75) is 70.4 Å². The first-order valence-corrected chi connectivity index (χ1v) is 11.3. The van der Waals surface area contributed by atoms with Crippen LogP contribution in [-0.4, -0.2) is 0 Å². The normalized spacial score (nSPS) is 27.0. The Balaban J connectivity index is 1.45. The Hall–Kier alpha value is -1.84. The largest absolute Gasteiger partial charge is 0.416 e. The minimum absolute atomic E-state index is 0.346. The van der Waals surface area contributed by atoms with Gasteiger partial charge in [-0.05, 0) is 85.1 Å². The molecule has 2 saturated carbocycles. The van der Waals surface area contributed by atoms with E-state index in [0.29, 0.717) is 17.0 Å². The van der Waals surface area contributed by atoms with Gasteiger partial charge in [-0.15, -0.1) is 0 Å². The van der Waals surface area contributed by atoms with Crippen molar-refractivity contribution in [3.63, 3.8) is 0 Å². The third kappa shape index (κ3) is 4.58. The average Bonchev–Trinajstić information content (AvgIpc) is 2.73. The molecule has 2 aliphatic rings. The minimum Gasteiger partial charge on any atom is -0.206 e. The number of hydrogen-bond acceptors (Lipinski definition) is 0. The molecule has 0 aliphatic heterocycles. The Morgan fingerprint density at radius 3 is 2.23 bits per heavy atom. The molecule has 0 bridgehead atoms. The third-order valence-electron chi connectivity index (χ3n) is 7.41. The molecule has 162 valence electrons. The van der Waals surface area contributed by atoms with E-state index >= 15 is 0 Å². The summed E-state index contributed by atoms with van der Waals surface area (Å²) in [6, 6.07) is 10.0. The van der Waals surface area contributed by atoms with E-state index in [1.54, 1.807) is 12.1 Å². The lowest BCUT2D eigenvalue weighted by Crippen LogP contribution is -2.30. The van der Waals surface area contributed by atoms with E-state index in [1.807, 2.05) is 6.07 Å². The predicted octanol–water partition coefficient (Wildman–Crippen LogP) is 8.61. The molecule has 0 N–H and O–H groups in total. The van der Waals surface area contributed by atoms with Crippen LogP contribution in [-0.2, 0) is 6.18 Å². The van der Waals surface area contributed by atoms with E-state index in [4.69, 9.17) is 0 Å². The summed E-state index contributed by atoms with van der Waals surface area (Å²) in [5.74, 6) is 2.54. The number of alkyl halides is 3. The molecule has 0 saturated heterocycles. The first-order chi connectivity index (χ1) is 14.3.